The molecule has 0 aliphatic carbocycles. The van der Waals surface area contributed by atoms with Crippen molar-refractivity contribution in [3.63, 3.8) is 0 Å². The van der Waals surface area contributed by atoms with E-state index in [4.69, 9.17) is 4.74 Å². The third-order valence-corrected chi connectivity index (χ3v) is 5.64. The Bertz CT molecular complexity index is 907. The number of carbonyl (C=O) groups is 2. The second kappa shape index (κ2) is 11.8. The molecule has 0 radical (unpaired) electrons. The van der Waals surface area contributed by atoms with Gasteiger partial charge in [0.15, 0.2) is 0 Å². The van der Waals surface area contributed by atoms with Crippen molar-refractivity contribution in [2.75, 3.05) is 32.8 Å². The number of benzene rings is 2. The number of hydrogen-bond acceptors (Lipinski definition) is 3. The number of nitrogens with one attached hydrogen (secondary N) is 1. The van der Waals surface area contributed by atoms with Crippen LogP contribution in [0.15, 0.2) is 48.5 Å². The van der Waals surface area contributed by atoms with Gasteiger partial charge >= 0.3 is 6.03 Å². The second-order valence-electron chi connectivity index (χ2n) is 9.03. The van der Waals surface area contributed by atoms with Crippen LogP contribution in [0, 0.1) is 11.7 Å². The smallest absolute Gasteiger partial charge is 0.317 e. The maximum atomic E-state index is 13.0. The summed E-state index contributed by atoms with van der Waals surface area (Å²) in [5, 5.41) is 2.89. The number of halogens is 1. The number of amides is 3. The molecule has 1 aliphatic heterocycles. The highest BCUT2D eigenvalue weighted by Gasteiger charge is 2.25. The van der Waals surface area contributed by atoms with E-state index in [1.807, 2.05) is 38.1 Å². The molecule has 3 amide bonds. The predicted molar refractivity (Wildman–Crippen MR) is 127 cm³/mol. The highest BCUT2D eigenvalue weighted by Crippen LogP contribution is 2.14. The standard InChI is InChI=1S/C26H34FN3O3/c1-19(2)28-26(32)30-14-12-29(13-15-30)25(31)23-8-4-21(5-9-23)16-20(3)17-33-18-22-6-10-24(27)11-7-22/h4-11,19-20H,12-18H2,1-3H3,(H,28,32). The molecule has 1 N–H and O–H groups in total. The average Bonchev–Trinajstić information content (AvgIpc) is 2.80. The number of hydrogen-bond donors (Lipinski definition) is 1. The van der Waals surface area contributed by atoms with Gasteiger partial charge in [0.2, 0.25) is 0 Å². The van der Waals surface area contributed by atoms with Crippen molar-refractivity contribution in [2.24, 2.45) is 5.92 Å². The summed E-state index contributed by atoms with van der Waals surface area (Å²) in [6.45, 7) is 9.21. The highest BCUT2D eigenvalue weighted by molar-refractivity contribution is 5.94. The van der Waals surface area contributed by atoms with Crippen molar-refractivity contribution < 1.29 is 18.7 Å². The van der Waals surface area contributed by atoms with E-state index < -0.39 is 0 Å². The summed E-state index contributed by atoms with van der Waals surface area (Å²) in [4.78, 5) is 28.5. The van der Waals surface area contributed by atoms with Crippen LogP contribution in [0.1, 0.15) is 42.3 Å². The minimum atomic E-state index is -0.245. The Morgan fingerprint density at radius 2 is 1.48 bits per heavy atom. The largest absolute Gasteiger partial charge is 0.376 e. The number of ether oxygens (including phenoxy) is 1. The summed E-state index contributed by atoms with van der Waals surface area (Å²) in [5.41, 5.74) is 2.77. The fraction of sp³-hybridized carbons (Fsp3) is 0.462. The first-order valence-corrected chi connectivity index (χ1v) is 11.6. The highest BCUT2D eigenvalue weighted by atomic mass is 19.1. The van der Waals surface area contributed by atoms with Gasteiger partial charge in [0.25, 0.3) is 5.91 Å². The van der Waals surface area contributed by atoms with E-state index in [9.17, 15) is 14.0 Å². The van der Waals surface area contributed by atoms with Gasteiger partial charge in [0.05, 0.1) is 6.61 Å². The summed E-state index contributed by atoms with van der Waals surface area (Å²) in [7, 11) is 0. The van der Waals surface area contributed by atoms with Crippen molar-refractivity contribution in [3.8, 4) is 0 Å². The maximum absolute atomic E-state index is 13.0. The number of piperazine rings is 1. The van der Waals surface area contributed by atoms with Gasteiger partial charge in [-0.05, 0) is 61.6 Å². The molecule has 33 heavy (non-hydrogen) atoms. The monoisotopic (exact) mass is 455 g/mol. The Hall–Kier alpha value is -2.93. The Labute approximate surface area is 195 Å². The Morgan fingerprint density at radius 1 is 0.909 bits per heavy atom. The van der Waals surface area contributed by atoms with Crippen molar-refractivity contribution >= 4 is 11.9 Å². The van der Waals surface area contributed by atoms with E-state index in [1.54, 1.807) is 21.9 Å². The number of rotatable bonds is 8. The van der Waals surface area contributed by atoms with E-state index in [0.29, 0.717) is 50.9 Å². The minimum Gasteiger partial charge on any atom is -0.376 e. The summed E-state index contributed by atoms with van der Waals surface area (Å²) in [6.07, 6.45) is 0.849. The molecule has 0 bridgehead atoms. The quantitative estimate of drug-likeness (QED) is 0.652. The molecule has 1 aliphatic rings. The minimum absolute atomic E-state index is 0.00106. The zero-order valence-electron chi connectivity index (χ0n) is 19.7. The van der Waals surface area contributed by atoms with Crippen LogP contribution in [0.3, 0.4) is 0 Å². The zero-order valence-corrected chi connectivity index (χ0v) is 19.7. The van der Waals surface area contributed by atoms with Crippen LogP contribution in [0.5, 0.6) is 0 Å². The molecule has 3 rings (SSSR count). The number of carbonyl (C=O) groups excluding carboxylic acids is 2. The first kappa shape index (κ1) is 24.7. The Morgan fingerprint density at radius 3 is 2.09 bits per heavy atom. The van der Waals surface area contributed by atoms with E-state index in [1.165, 1.54) is 12.1 Å². The van der Waals surface area contributed by atoms with E-state index >= 15 is 0 Å². The SMILES string of the molecule is CC(COCc1ccc(F)cc1)Cc1ccc(C(=O)N2CCN(C(=O)NC(C)C)CC2)cc1. The van der Waals surface area contributed by atoms with Crippen LogP contribution >= 0.6 is 0 Å². The van der Waals surface area contributed by atoms with Gasteiger partial charge in [-0.2, -0.15) is 0 Å². The Kier molecular flexibility index (Phi) is 8.83. The molecule has 1 fully saturated rings. The van der Waals surface area contributed by atoms with Gasteiger partial charge in [-0.15, -0.1) is 0 Å². The van der Waals surface area contributed by atoms with E-state index in [0.717, 1.165) is 17.5 Å². The fourth-order valence-corrected chi connectivity index (χ4v) is 3.84. The van der Waals surface area contributed by atoms with Crippen LogP contribution in [-0.2, 0) is 17.8 Å². The van der Waals surface area contributed by atoms with E-state index in [-0.39, 0.29) is 23.8 Å². The van der Waals surface area contributed by atoms with Crippen LogP contribution in [0.4, 0.5) is 9.18 Å². The summed E-state index contributed by atoms with van der Waals surface area (Å²) in [5.74, 6) is 0.0727. The lowest BCUT2D eigenvalue weighted by molar-refractivity contribution is 0.0664. The molecule has 1 unspecified atom stereocenters. The van der Waals surface area contributed by atoms with Crippen molar-refractivity contribution in [1.82, 2.24) is 15.1 Å². The normalized spacial score (nSPS) is 14.9. The van der Waals surface area contributed by atoms with Gasteiger partial charge < -0.3 is 19.9 Å². The second-order valence-corrected chi connectivity index (χ2v) is 9.03. The van der Waals surface area contributed by atoms with Gasteiger partial charge in [0, 0.05) is 44.4 Å². The molecule has 178 valence electrons. The van der Waals surface area contributed by atoms with E-state index in [2.05, 4.69) is 12.2 Å². The molecule has 0 saturated carbocycles. The van der Waals surface area contributed by atoms with Crippen LogP contribution in [0.25, 0.3) is 0 Å². The number of nitrogens with zero attached hydrogens (tertiary/aromatic N) is 2. The Balaban J connectivity index is 1.42. The molecule has 7 heteroatoms. The fourth-order valence-electron chi connectivity index (χ4n) is 3.84. The molecule has 0 aromatic heterocycles. The van der Waals surface area contributed by atoms with Crippen molar-refractivity contribution in [1.29, 1.82) is 0 Å². The lowest BCUT2D eigenvalue weighted by Crippen LogP contribution is -2.54. The van der Waals surface area contributed by atoms with Gasteiger partial charge in [-0.1, -0.05) is 31.2 Å². The van der Waals surface area contributed by atoms with Gasteiger partial charge in [0.1, 0.15) is 5.82 Å². The molecule has 1 saturated heterocycles. The first-order valence-electron chi connectivity index (χ1n) is 11.6. The van der Waals surface area contributed by atoms with Crippen LogP contribution < -0.4 is 5.32 Å². The third kappa shape index (κ3) is 7.56. The van der Waals surface area contributed by atoms with Crippen molar-refractivity contribution in [3.05, 3.63) is 71.0 Å². The lowest BCUT2D eigenvalue weighted by atomic mass is 10.0. The molecule has 1 heterocycles. The van der Waals surface area contributed by atoms with Crippen molar-refractivity contribution in [2.45, 2.75) is 39.8 Å². The molecule has 0 spiro atoms. The molecule has 2 aromatic carbocycles. The number of urea groups is 1. The predicted octanol–water partition coefficient (Wildman–Crippen LogP) is 4.10. The van der Waals surface area contributed by atoms with Gasteiger partial charge in [-0.25, -0.2) is 9.18 Å². The first-order chi connectivity index (χ1) is 15.8. The maximum Gasteiger partial charge on any atom is 0.317 e. The summed E-state index contributed by atoms with van der Waals surface area (Å²) >= 11 is 0. The molecule has 1 atom stereocenters. The topological polar surface area (TPSA) is 61.9 Å². The molecule has 6 nitrogen and oxygen atoms in total. The third-order valence-electron chi connectivity index (χ3n) is 5.64. The van der Waals surface area contributed by atoms with Gasteiger partial charge in [-0.3, -0.25) is 4.79 Å². The average molecular weight is 456 g/mol. The molecule has 2 aromatic rings. The molecular weight excluding hydrogens is 421 g/mol. The summed E-state index contributed by atoms with van der Waals surface area (Å²) in [6, 6.07) is 14.1. The molecular formula is C26H34FN3O3. The van der Waals surface area contributed by atoms with Crippen LogP contribution in [-0.4, -0.2) is 60.6 Å². The van der Waals surface area contributed by atoms with Crippen LogP contribution in [0.2, 0.25) is 0 Å². The summed E-state index contributed by atoms with van der Waals surface area (Å²) < 4.78 is 18.7. The lowest BCUT2D eigenvalue weighted by Gasteiger charge is -2.35. The zero-order chi connectivity index (χ0) is 23.8.